The third kappa shape index (κ3) is 4.81. The van der Waals surface area contributed by atoms with Crippen LogP contribution in [0.25, 0.3) is 10.9 Å². The van der Waals surface area contributed by atoms with Gasteiger partial charge in [-0.15, -0.1) is 0 Å². The van der Waals surface area contributed by atoms with Crippen molar-refractivity contribution in [3.05, 3.63) is 116 Å². The standard InChI is InChI=1S/C25H22ClN3O3/c26-20-12-10-19(11-13-20)16-27-23(30)17-29-22-9-5-4-8-21(22)24(31)28(25(29)32)15-14-18-6-2-1-3-7-18/h1-13H,14-17H2,(H,27,30). The average molecular weight is 448 g/mol. The smallest absolute Gasteiger partial charge is 0.331 e. The molecule has 0 fully saturated rings. The van der Waals surface area contributed by atoms with Gasteiger partial charge in [0.05, 0.1) is 10.9 Å². The quantitative estimate of drug-likeness (QED) is 0.472. The van der Waals surface area contributed by atoms with Gasteiger partial charge in [-0.1, -0.05) is 66.2 Å². The van der Waals surface area contributed by atoms with Crippen LogP contribution < -0.4 is 16.6 Å². The van der Waals surface area contributed by atoms with Crippen LogP contribution in [0.15, 0.2) is 88.5 Å². The zero-order chi connectivity index (χ0) is 22.5. The highest BCUT2D eigenvalue weighted by atomic mass is 35.5. The van der Waals surface area contributed by atoms with E-state index in [4.69, 9.17) is 11.6 Å². The van der Waals surface area contributed by atoms with Gasteiger partial charge in [-0.05, 0) is 41.8 Å². The van der Waals surface area contributed by atoms with Crippen molar-refractivity contribution in [3.63, 3.8) is 0 Å². The number of nitrogens with zero attached hydrogens (tertiary/aromatic N) is 2. The molecule has 4 aromatic rings. The van der Waals surface area contributed by atoms with Gasteiger partial charge < -0.3 is 5.32 Å². The SMILES string of the molecule is O=C(Cn1c(=O)n(CCc2ccccc2)c(=O)c2ccccc21)NCc1ccc(Cl)cc1. The summed E-state index contributed by atoms with van der Waals surface area (Å²) in [4.78, 5) is 38.8. The van der Waals surface area contributed by atoms with Crippen LogP contribution in [0.2, 0.25) is 5.02 Å². The fourth-order valence-corrected chi connectivity index (χ4v) is 3.73. The van der Waals surface area contributed by atoms with Gasteiger partial charge in [-0.25, -0.2) is 4.79 Å². The second-order valence-corrected chi connectivity index (χ2v) is 7.92. The molecule has 0 aliphatic carbocycles. The van der Waals surface area contributed by atoms with E-state index in [0.717, 1.165) is 11.1 Å². The molecule has 32 heavy (non-hydrogen) atoms. The predicted octanol–water partition coefficient (Wildman–Crippen LogP) is 3.38. The minimum absolute atomic E-state index is 0.182. The molecule has 0 saturated carbocycles. The molecular formula is C25H22ClN3O3. The van der Waals surface area contributed by atoms with Crippen molar-refractivity contribution in [2.45, 2.75) is 26.1 Å². The molecular weight excluding hydrogens is 426 g/mol. The first-order chi connectivity index (χ1) is 15.5. The number of para-hydroxylation sites is 1. The molecule has 7 heteroatoms. The zero-order valence-electron chi connectivity index (χ0n) is 17.3. The van der Waals surface area contributed by atoms with E-state index in [1.807, 2.05) is 42.5 Å². The third-order valence-electron chi connectivity index (χ3n) is 5.30. The number of rotatable bonds is 7. The van der Waals surface area contributed by atoms with Crippen molar-refractivity contribution in [3.8, 4) is 0 Å². The first-order valence-corrected chi connectivity index (χ1v) is 10.7. The van der Waals surface area contributed by atoms with Gasteiger partial charge >= 0.3 is 5.69 Å². The molecule has 1 N–H and O–H groups in total. The van der Waals surface area contributed by atoms with Crippen molar-refractivity contribution in [1.29, 1.82) is 0 Å². The molecule has 0 bridgehead atoms. The van der Waals surface area contributed by atoms with E-state index >= 15 is 0 Å². The number of carbonyl (C=O) groups is 1. The number of hydrogen-bond donors (Lipinski definition) is 1. The monoisotopic (exact) mass is 447 g/mol. The Morgan fingerprint density at radius 2 is 1.50 bits per heavy atom. The summed E-state index contributed by atoms with van der Waals surface area (Å²) in [7, 11) is 0. The van der Waals surface area contributed by atoms with Crippen molar-refractivity contribution in [2.24, 2.45) is 0 Å². The van der Waals surface area contributed by atoms with E-state index in [0.29, 0.717) is 28.9 Å². The Morgan fingerprint density at radius 3 is 2.25 bits per heavy atom. The first kappa shape index (κ1) is 21.6. The van der Waals surface area contributed by atoms with E-state index in [2.05, 4.69) is 5.32 Å². The number of halogens is 1. The van der Waals surface area contributed by atoms with Gasteiger partial charge in [-0.2, -0.15) is 0 Å². The first-order valence-electron chi connectivity index (χ1n) is 10.3. The number of benzene rings is 3. The summed E-state index contributed by atoms with van der Waals surface area (Å²) in [5.74, 6) is -0.319. The van der Waals surface area contributed by atoms with E-state index in [-0.39, 0.29) is 24.6 Å². The Bertz CT molecular complexity index is 1360. The lowest BCUT2D eigenvalue weighted by molar-refractivity contribution is -0.121. The van der Waals surface area contributed by atoms with Crippen LogP contribution in [0.4, 0.5) is 0 Å². The highest BCUT2D eigenvalue weighted by molar-refractivity contribution is 6.30. The van der Waals surface area contributed by atoms with Crippen LogP contribution >= 0.6 is 11.6 Å². The minimum atomic E-state index is -0.494. The Hall–Kier alpha value is -3.64. The molecule has 0 unspecified atom stereocenters. The third-order valence-corrected chi connectivity index (χ3v) is 5.56. The van der Waals surface area contributed by atoms with Crippen molar-refractivity contribution < 1.29 is 4.79 Å². The van der Waals surface area contributed by atoms with E-state index in [9.17, 15) is 14.4 Å². The molecule has 1 heterocycles. The topological polar surface area (TPSA) is 73.1 Å². The summed E-state index contributed by atoms with van der Waals surface area (Å²) in [6, 6.07) is 23.7. The van der Waals surface area contributed by atoms with Crippen molar-refractivity contribution >= 4 is 28.4 Å². The highest BCUT2D eigenvalue weighted by Gasteiger charge is 2.15. The van der Waals surface area contributed by atoms with Crippen LogP contribution in [0.5, 0.6) is 0 Å². The van der Waals surface area contributed by atoms with Crippen LogP contribution in [0.1, 0.15) is 11.1 Å². The number of amides is 1. The van der Waals surface area contributed by atoms with E-state index < -0.39 is 5.69 Å². The minimum Gasteiger partial charge on any atom is -0.350 e. The molecule has 0 saturated heterocycles. The average Bonchev–Trinajstić information content (AvgIpc) is 2.82. The maximum atomic E-state index is 13.2. The lowest BCUT2D eigenvalue weighted by Crippen LogP contribution is -2.42. The molecule has 0 aliphatic heterocycles. The number of aryl methyl sites for hydroxylation is 1. The molecule has 0 spiro atoms. The normalized spacial score (nSPS) is 10.9. The molecule has 3 aromatic carbocycles. The fourth-order valence-electron chi connectivity index (χ4n) is 3.61. The van der Waals surface area contributed by atoms with Gasteiger partial charge in [0.2, 0.25) is 5.91 Å². The lowest BCUT2D eigenvalue weighted by atomic mass is 10.1. The Labute approximate surface area is 189 Å². The molecule has 0 atom stereocenters. The molecule has 162 valence electrons. The molecule has 1 aromatic heterocycles. The Morgan fingerprint density at radius 1 is 0.812 bits per heavy atom. The van der Waals surface area contributed by atoms with Gasteiger partial charge in [0.25, 0.3) is 5.56 Å². The van der Waals surface area contributed by atoms with E-state index in [1.54, 1.807) is 36.4 Å². The molecule has 6 nitrogen and oxygen atoms in total. The van der Waals surface area contributed by atoms with Crippen molar-refractivity contribution in [1.82, 2.24) is 14.5 Å². The maximum Gasteiger partial charge on any atom is 0.331 e. The van der Waals surface area contributed by atoms with Crippen molar-refractivity contribution in [2.75, 3.05) is 0 Å². The summed E-state index contributed by atoms with van der Waals surface area (Å²) in [5.41, 5.74) is 1.53. The van der Waals surface area contributed by atoms with Gasteiger partial charge in [0.15, 0.2) is 0 Å². The maximum absolute atomic E-state index is 13.2. The summed E-state index contributed by atoms with van der Waals surface area (Å²) >= 11 is 5.89. The number of fused-ring (bicyclic) bond motifs is 1. The number of carbonyl (C=O) groups excluding carboxylic acids is 1. The Kier molecular flexibility index (Phi) is 6.52. The lowest BCUT2D eigenvalue weighted by Gasteiger charge is -2.14. The van der Waals surface area contributed by atoms with Crippen LogP contribution in [-0.2, 0) is 30.8 Å². The molecule has 0 radical (unpaired) electrons. The molecule has 1 amide bonds. The number of nitrogens with one attached hydrogen (secondary N) is 1. The fraction of sp³-hybridized carbons (Fsp3) is 0.160. The summed E-state index contributed by atoms with van der Waals surface area (Å²) in [6.07, 6.45) is 0.539. The van der Waals surface area contributed by atoms with Gasteiger partial charge in [0, 0.05) is 18.1 Å². The van der Waals surface area contributed by atoms with Crippen LogP contribution in [0, 0.1) is 0 Å². The molecule has 4 rings (SSSR count). The number of aromatic nitrogens is 2. The number of hydrogen-bond acceptors (Lipinski definition) is 3. The predicted molar refractivity (Wildman–Crippen MR) is 126 cm³/mol. The molecule has 0 aliphatic rings. The van der Waals surface area contributed by atoms with E-state index in [1.165, 1.54) is 9.13 Å². The zero-order valence-corrected chi connectivity index (χ0v) is 18.1. The van der Waals surface area contributed by atoms with Crippen LogP contribution in [-0.4, -0.2) is 15.0 Å². The summed E-state index contributed by atoms with van der Waals surface area (Å²) in [6.45, 7) is 0.369. The summed E-state index contributed by atoms with van der Waals surface area (Å²) in [5, 5.41) is 3.85. The largest absolute Gasteiger partial charge is 0.350 e. The van der Waals surface area contributed by atoms with Gasteiger partial charge in [0.1, 0.15) is 6.54 Å². The second kappa shape index (κ2) is 9.66. The van der Waals surface area contributed by atoms with Gasteiger partial charge in [-0.3, -0.25) is 18.7 Å². The summed E-state index contributed by atoms with van der Waals surface area (Å²) < 4.78 is 2.57. The Balaban J connectivity index is 1.61. The van der Waals surface area contributed by atoms with Crippen LogP contribution in [0.3, 0.4) is 0 Å². The second-order valence-electron chi connectivity index (χ2n) is 7.48. The highest BCUT2D eigenvalue weighted by Crippen LogP contribution is 2.10.